The van der Waals surface area contributed by atoms with Crippen LogP contribution in [-0.4, -0.2) is 9.97 Å². The summed E-state index contributed by atoms with van der Waals surface area (Å²) >= 11 is 0. The largest absolute Gasteiger partial charge is 0.247 e. The molecule has 0 spiro atoms. The lowest BCUT2D eigenvalue weighted by molar-refractivity contribution is 0.590. The molecule has 14 aromatic rings. The molecule has 2 nitrogen and oxygen atoms in total. The first-order valence-corrected chi connectivity index (χ1v) is 24.7. The van der Waals surface area contributed by atoms with E-state index in [1.165, 1.54) is 120 Å². The van der Waals surface area contributed by atoms with E-state index in [4.69, 9.17) is 9.97 Å². The third kappa shape index (κ3) is 6.12. The van der Waals surface area contributed by atoms with E-state index in [9.17, 15) is 0 Å². The predicted octanol–water partition coefficient (Wildman–Crippen LogP) is 19.0. The number of hydrogen-bond donors (Lipinski definition) is 0. The maximum atomic E-state index is 5.76. The van der Waals surface area contributed by atoms with Crippen LogP contribution in [0.3, 0.4) is 0 Å². The van der Waals surface area contributed by atoms with Gasteiger partial charge in [-0.1, -0.05) is 199 Å². The topological polar surface area (TPSA) is 25.8 Å². The van der Waals surface area contributed by atoms with E-state index in [0.717, 1.165) is 32.8 Å². The molecule has 0 atom stereocenters. The van der Waals surface area contributed by atoms with Crippen molar-refractivity contribution in [3.05, 3.63) is 205 Å². The molecule has 14 rings (SSSR count). The van der Waals surface area contributed by atoms with E-state index < -0.39 is 0 Å². The fourth-order valence-electron chi connectivity index (χ4n) is 11.7. The Bertz CT molecular complexity index is 4160. The van der Waals surface area contributed by atoms with E-state index >= 15 is 0 Å². The van der Waals surface area contributed by atoms with Crippen molar-refractivity contribution in [2.45, 2.75) is 52.4 Å². The second kappa shape index (κ2) is 14.7. The Balaban J connectivity index is 1.09. The summed E-state index contributed by atoms with van der Waals surface area (Å²) in [7, 11) is 0. The van der Waals surface area contributed by atoms with Crippen molar-refractivity contribution in [3.63, 3.8) is 0 Å². The minimum absolute atomic E-state index is 0.0794. The molecule has 0 saturated heterocycles. The standard InChI is InChI=1S/C68H50N2/c1-67(2,3)49-25-19-41(20-26-49)45-23-29-51-55(37-45)59(47-17-15-39-11-7-9-13-43(39)35-47)53-31-33-58-63-61(53)65(51)69-57-34-32-54-60(48-18-16-40-12-8-10-14-44(40)36-48)56-38-46(42-21-27-50(28-22-42)68(4,5)6)24-30-52(56)66(70-58)62(54)64(57)63/h7-38H,1-6H3. The summed E-state index contributed by atoms with van der Waals surface area (Å²) in [6.45, 7) is 13.6. The molecule has 0 fully saturated rings. The zero-order valence-electron chi connectivity index (χ0n) is 40.4. The van der Waals surface area contributed by atoms with Crippen molar-refractivity contribution in [2.75, 3.05) is 0 Å². The highest BCUT2D eigenvalue weighted by molar-refractivity contribution is 6.41. The Morgan fingerprint density at radius 2 is 0.629 bits per heavy atom. The number of benzene rings is 12. The highest BCUT2D eigenvalue weighted by Crippen LogP contribution is 2.51. The van der Waals surface area contributed by atoms with Gasteiger partial charge in [-0.25, -0.2) is 9.97 Å². The Kier molecular flexibility index (Phi) is 8.55. The summed E-state index contributed by atoms with van der Waals surface area (Å²) in [4.78, 5) is 11.5. The maximum Gasteiger partial charge on any atom is 0.0801 e. The van der Waals surface area contributed by atoms with E-state index in [0.29, 0.717) is 0 Å². The van der Waals surface area contributed by atoms with Gasteiger partial charge in [-0.2, -0.15) is 0 Å². The summed E-state index contributed by atoms with van der Waals surface area (Å²) in [6.07, 6.45) is 0. The van der Waals surface area contributed by atoms with E-state index in [-0.39, 0.29) is 10.8 Å². The maximum absolute atomic E-state index is 5.76. The van der Waals surface area contributed by atoms with Crippen LogP contribution in [0.5, 0.6) is 0 Å². The first kappa shape index (κ1) is 40.8. The Morgan fingerprint density at radius 1 is 0.271 bits per heavy atom. The van der Waals surface area contributed by atoms with Gasteiger partial charge in [0.2, 0.25) is 0 Å². The minimum Gasteiger partial charge on any atom is -0.247 e. The van der Waals surface area contributed by atoms with Crippen LogP contribution in [-0.2, 0) is 10.8 Å². The van der Waals surface area contributed by atoms with Gasteiger partial charge in [-0.05, 0) is 146 Å². The van der Waals surface area contributed by atoms with Crippen molar-refractivity contribution in [1.29, 1.82) is 0 Å². The molecule has 0 N–H and O–H groups in total. The Hall–Kier alpha value is -8.20. The fourth-order valence-corrected chi connectivity index (χ4v) is 11.7. The molecule has 0 unspecified atom stereocenters. The number of pyridine rings is 2. The lowest BCUT2D eigenvalue weighted by Gasteiger charge is -2.22. The number of hydrogen-bond acceptors (Lipinski definition) is 2. The van der Waals surface area contributed by atoms with Gasteiger partial charge in [0.1, 0.15) is 0 Å². The van der Waals surface area contributed by atoms with Crippen molar-refractivity contribution >= 4 is 97.5 Å². The summed E-state index contributed by atoms with van der Waals surface area (Å²) < 4.78 is 0. The zero-order chi connectivity index (χ0) is 47.2. The van der Waals surface area contributed by atoms with Gasteiger partial charge in [-0.3, -0.25) is 0 Å². The van der Waals surface area contributed by atoms with Crippen LogP contribution >= 0.6 is 0 Å². The molecule has 0 amide bonds. The molecule has 0 aliphatic carbocycles. The molecular weight excluding hydrogens is 845 g/mol. The highest BCUT2D eigenvalue weighted by Gasteiger charge is 2.26. The van der Waals surface area contributed by atoms with Crippen LogP contribution in [0, 0.1) is 0 Å². The fraction of sp³-hybridized carbons (Fsp3) is 0.118. The molecule has 2 aromatic heterocycles. The minimum atomic E-state index is 0.0794. The van der Waals surface area contributed by atoms with Gasteiger partial charge in [-0.15, -0.1) is 0 Å². The number of fused-ring (bicyclic) bond motifs is 6. The van der Waals surface area contributed by atoms with Crippen molar-refractivity contribution in [1.82, 2.24) is 9.97 Å². The Morgan fingerprint density at radius 3 is 1.03 bits per heavy atom. The summed E-state index contributed by atoms with van der Waals surface area (Å²) in [5.41, 5.74) is 16.5. The van der Waals surface area contributed by atoms with Gasteiger partial charge in [0.05, 0.1) is 22.1 Å². The first-order valence-electron chi connectivity index (χ1n) is 24.7. The summed E-state index contributed by atoms with van der Waals surface area (Å²) in [5.74, 6) is 0. The molecule has 2 heteroatoms. The molecule has 0 radical (unpaired) electrons. The van der Waals surface area contributed by atoms with Crippen molar-refractivity contribution in [2.24, 2.45) is 0 Å². The van der Waals surface area contributed by atoms with Gasteiger partial charge >= 0.3 is 0 Å². The van der Waals surface area contributed by atoms with Gasteiger partial charge < -0.3 is 0 Å². The number of nitrogens with zero attached hydrogens (tertiary/aromatic N) is 2. The van der Waals surface area contributed by atoms with Crippen LogP contribution < -0.4 is 0 Å². The smallest absolute Gasteiger partial charge is 0.0801 e. The van der Waals surface area contributed by atoms with Crippen LogP contribution in [0.4, 0.5) is 0 Å². The Labute approximate surface area is 407 Å². The number of rotatable bonds is 4. The quantitative estimate of drug-likeness (QED) is 0.130. The van der Waals surface area contributed by atoms with E-state index in [1.807, 2.05) is 0 Å². The van der Waals surface area contributed by atoms with Crippen LogP contribution in [0.25, 0.3) is 142 Å². The monoisotopic (exact) mass is 894 g/mol. The third-order valence-corrected chi connectivity index (χ3v) is 15.4. The molecule has 12 aromatic carbocycles. The average molecular weight is 895 g/mol. The molecule has 0 aliphatic heterocycles. The second-order valence-corrected chi connectivity index (χ2v) is 21.7. The molecule has 0 aliphatic rings. The molecule has 0 saturated carbocycles. The lowest BCUT2D eigenvalue weighted by atomic mass is 9.83. The second-order valence-electron chi connectivity index (χ2n) is 21.7. The van der Waals surface area contributed by atoms with E-state index in [1.54, 1.807) is 0 Å². The summed E-state index contributed by atoms with van der Waals surface area (Å²) in [6, 6.07) is 72.8. The predicted molar refractivity (Wildman–Crippen MR) is 301 cm³/mol. The van der Waals surface area contributed by atoms with Gasteiger partial charge in [0, 0.05) is 32.3 Å². The molecule has 332 valence electrons. The third-order valence-electron chi connectivity index (χ3n) is 15.4. The molecule has 70 heavy (non-hydrogen) atoms. The average Bonchev–Trinajstić information content (AvgIpc) is 3.38. The van der Waals surface area contributed by atoms with Crippen LogP contribution in [0.2, 0.25) is 0 Å². The first-order chi connectivity index (χ1) is 33.9. The summed E-state index contributed by atoms with van der Waals surface area (Å²) in [5, 5.41) is 16.7. The van der Waals surface area contributed by atoms with Gasteiger partial charge in [0.25, 0.3) is 0 Å². The van der Waals surface area contributed by atoms with Crippen LogP contribution in [0.1, 0.15) is 52.7 Å². The molecule has 2 heterocycles. The molecular formula is C68H50N2. The zero-order valence-corrected chi connectivity index (χ0v) is 40.4. The SMILES string of the molecule is CC(C)(C)c1ccc(-c2ccc3c(c2)c(-c2ccc4ccccc4c2)c2ccc4nc5c6ccc(-c7ccc(C(C)(C)C)cc7)cc6c(-c6ccc7ccccc7c6)c6ccc7nc3c2c4c7c65)cc1. The highest BCUT2D eigenvalue weighted by atomic mass is 14.7. The normalized spacial score (nSPS) is 12.7. The molecule has 0 bridgehead atoms. The lowest BCUT2D eigenvalue weighted by Crippen LogP contribution is -2.10. The van der Waals surface area contributed by atoms with Crippen molar-refractivity contribution < 1.29 is 0 Å². The number of aromatic nitrogens is 2. The van der Waals surface area contributed by atoms with Gasteiger partial charge in [0.15, 0.2) is 0 Å². The van der Waals surface area contributed by atoms with E-state index in [2.05, 4.69) is 236 Å². The van der Waals surface area contributed by atoms with Crippen molar-refractivity contribution in [3.8, 4) is 44.5 Å². The van der Waals surface area contributed by atoms with Crippen LogP contribution in [0.15, 0.2) is 194 Å².